The van der Waals surface area contributed by atoms with Crippen molar-refractivity contribution >= 4 is 23.4 Å². The number of hydrogen-bond acceptors (Lipinski definition) is 2. The van der Waals surface area contributed by atoms with E-state index in [-0.39, 0.29) is 23.7 Å². The van der Waals surface area contributed by atoms with Crippen LogP contribution < -0.4 is 4.90 Å². The Morgan fingerprint density at radius 1 is 1.14 bits per heavy atom. The largest absolute Gasteiger partial charge is 0.335 e. The number of nitrogens with zero attached hydrogens (tertiary/aromatic N) is 1. The zero-order chi connectivity index (χ0) is 14.8. The topological polar surface area (TPSA) is 41.8 Å². The zero-order valence-corrected chi connectivity index (χ0v) is 13.2. The van der Waals surface area contributed by atoms with Gasteiger partial charge in [0, 0.05) is 18.0 Å². The summed E-state index contributed by atoms with van der Waals surface area (Å²) in [6.07, 6.45) is 7.97. The van der Waals surface area contributed by atoms with Crippen LogP contribution in [0.3, 0.4) is 0 Å². The molecule has 3 rings (SSSR count). The molecule has 0 spiro atoms. The molecule has 0 unspecified atom stereocenters. The number of carbonyl (C=O) groups excluding carboxylic acids is 2. The standard InChI is InChI=1S/C16H23ClN2O2/c17-12-5-6-13-14(11-12)16(21)19(15(13)20)10-4-9-18-7-2-1-3-8-18/h5,13-14H,1-4,6-11H2/p+1/t13-,14+/m0/s1. The van der Waals surface area contributed by atoms with Crippen molar-refractivity contribution < 1.29 is 14.5 Å². The van der Waals surface area contributed by atoms with E-state index < -0.39 is 0 Å². The maximum atomic E-state index is 12.4. The third kappa shape index (κ3) is 3.16. The van der Waals surface area contributed by atoms with Crippen LogP contribution in [0, 0.1) is 11.8 Å². The van der Waals surface area contributed by atoms with Gasteiger partial charge in [-0.3, -0.25) is 14.5 Å². The molecule has 2 heterocycles. The van der Waals surface area contributed by atoms with Crippen molar-refractivity contribution in [2.24, 2.45) is 11.8 Å². The fraction of sp³-hybridized carbons (Fsp3) is 0.750. The van der Waals surface area contributed by atoms with E-state index >= 15 is 0 Å². The molecule has 0 aromatic carbocycles. The van der Waals surface area contributed by atoms with E-state index in [1.807, 2.05) is 6.08 Å². The van der Waals surface area contributed by atoms with Crippen LogP contribution >= 0.6 is 11.6 Å². The summed E-state index contributed by atoms with van der Waals surface area (Å²) in [5.74, 6) is -0.316. The quantitative estimate of drug-likeness (QED) is 0.786. The SMILES string of the molecule is O=C1[C@H]2CC=C(Cl)C[C@H]2C(=O)N1CCC[NH+]1CCCCC1. The smallest absolute Gasteiger partial charge is 0.233 e. The highest BCUT2D eigenvalue weighted by Crippen LogP contribution is 2.38. The van der Waals surface area contributed by atoms with E-state index in [1.54, 1.807) is 4.90 Å². The summed E-state index contributed by atoms with van der Waals surface area (Å²) in [4.78, 5) is 27.9. The van der Waals surface area contributed by atoms with Crippen LogP contribution in [-0.4, -0.2) is 42.9 Å². The Hall–Kier alpha value is -0.870. The molecule has 2 aliphatic heterocycles. The molecule has 4 nitrogen and oxygen atoms in total. The van der Waals surface area contributed by atoms with Gasteiger partial charge >= 0.3 is 0 Å². The molecule has 2 fully saturated rings. The van der Waals surface area contributed by atoms with E-state index in [1.165, 1.54) is 37.3 Å². The van der Waals surface area contributed by atoms with Crippen LogP contribution in [0.5, 0.6) is 0 Å². The minimum Gasteiger partial charge on any atom is -0.335 e. The normalized spacial score (nSPS) is 30.5. The fourth-order valence-electron chi connectivity index (χ4n) is 3.91. The molecular formula is C16H24ClN2O2+. The number of likely N-dealkylation sites (tertiary alicyclic amines) is 2. The van der Waals surface area contributed by atoms with Gasteiger partial charge < -0.3 is 4.90 Å². The molecule has 0 aromatic heterocycles. The van der Waals surface area contributed by atoms with Gasteiger partial charge in [-0.15, -0.1) is 0 Å². The summed E-state index contributed by atoms with van der Waals surface area (Å²) in [5.41, 5.74) is 0. The van der Waals surface area contributed by atoms with Gasteiger partial charge in [-0.2, -0.15) is 0 Å². The van der Waals surface area contributed by atoms with Gasteiger partial charge in [-0.1, -0.05) is 17.7 Å². The summed E-state index contributed by atoms with van der Waals surface area (Å²) in [7, 11) is 0. The second-order valence-electron chi connectivity index (χ2n) is 6.55. The number of piperidine rings is 1. The molecule has 3 aliphatic rings. The molecule has 5 heteroatoms. The van der Waals surface area contributed by atoms with Crippen molar-refractivity contribution in [2.45, 2.75) is 38.5 Å². The Morgan fingerprint density at radius 2 is 1.86 bits per heavy atom. The molecular weight excluding hydrogens is 288 g/mol. The number of amides is 2. The molecule has 0 aromatic rings. The minimum absolute atomic E-state index is 0.00453. The highest BCUT2D eigenvalue weighted by Gasteiger charge is 2.47. The first-order chi connectivity index (χ1) is 10.2. The molecule has 2 saturated heterocycles. The minimum atomic E-state index is -0.197. The lowest BCUT2D eigenvalue weighted by Gasteiger charge is -2.24. The molecule has 0 radical (unpaired) electrons. The van der Waals surface area contributed by atoms with Crippen molar-refractivity contribution in [2.75, 3.05) is 26.2 Å². The predicted octanol–water partition coefficient (Wildman–Crippen LogP) is 0.963. The van der Waals surface area contributed by atoms with Gasteiger partial charge in [-0.05, 0) is 32.1 Å². The van der Waals surface area contributed by atoms with Gasteiger partial charge in [0.05, 0.1) is 31.5 Å². The average Bonchev–Trinajstić information content (AvgIpc) is 2.73. The molecule has 2 amide bonds. The number of hydrogen-bond donors (Lipinski definition) is 1. The van der Waals surface area contributed by atoms with Crippen molar-refractivity contribution in [3.05, 3.63) is 11.1 Å². The summed E-state index contributed by atoms with van der Waals surface area (Å²) in [6, 6.07) is 0. The number of imide groups is 1. The van der Waals surface area contributed by atoms with Crippen LogP contribution in [0.4, 0.5) is 0 Å². The monoisotopic (exact) mass is 311 g/mol. The molecule has 116 valence electrons. The van der Waals surface area contributed by atoms with Gasteiger partial charge in [-0.25, -0.2) is 0 Å². The second-order valence-corrected chi connectivity index (χ2v) is 7.03. The number of allylic oxidation sites excluding steroid dienone is 2. The highest BCUT2D eigenvalue weighted by molar-refractivity contribution is 6.30. The molecule has 0 saturated carbocycles. The van der Waals surface area contributed by atoms with E-state index in [2.05, 4.69) is 0 Å². The molecule has 1 aliphatic carbocycles. The summed E-state index contributed by atoms with van der Waals surface area (Å²) in [6.45, 7) is 4.15. The first-order valence-electron chi connectivity index (χ1n) is 8.20. The van der Waals surface area contributed by atoms with Gasteiger partial charge in [0.2, 0.25) is 11.8 Å². The molecule has 1 N–H and O–H groups in total. The van der Waals surface area contributed by atoms with Crippen molar-refractivity contribution in [3.63, 3.8) is 0 Å². The Morgan fingerprint density at radius 3 is 2.62 bits per heavy atom. The average molecular weight is 312 g/mol. The Kier molecular flexibility index (Phi) is 4.65. The van der Waals surface area contributed by atoms with Gasteiger partial charge in [0.25, 0.3) is 0 Å². The Balaban J connectivity index is 1.52. The lowest BCUT2D eigenvalue weighted by Crippen LogP contribution is -3.12. The zero-order valence-electron chi connectivity index (χ0n) is 12.4. The van der Waals surface area contributed by atoms with Crippen molar-refractivity contribution in [1.82, 2.24) is 4.90 Å². The van der Waals surface area contributed by atoms with Crippen LogP contribution in [0.2, 0.25) is 0 Å². The first kappa shape index (κ1) is 15.0. The van der Waals surface area contributed by atoms with Crippen LogP contribution in [-0.2, 0) is 9.59 Å². The summed E-state index contributed by atoms with van der Waals surface area (Å²) in [5, 5.41) is 0.733. The number of carbonyl (C=O) groups is 2. The molecule has 21 heavy (non-hydrogen) atoms. The van der Waals surface area contributed by atoms with E-state index in [9.17, 15) is 9.59 Å². The molecule has 0 bridgehead atoms. The third-order valence-electron chi connectivity index (χ3n) is 5.13. The number of quaternary nitrogens is 1. The van der Waals surface area contributed by atoms with Gasteiger partial charge in [0.15, 0.2) is 0 Å². The fourth-order valence-corrected chi connectivity index (χ4v) is 4.16. The van der Waals surface area contributed by atoms with Crippen LogP contribution in [0.25, 0.3) is 0 Å². The maximum Gasteiger partial charge on any atom is 0.233 e. The maximum absolute atomic E-state index is 12.4. The summed E-state index contributed by atoms with van der Waals surface area (Å²) < 4.78 is 0. The van der Waals surface area contributed by atoms with Crippen LogP contribution in [0.15, 0.2) is 11.1 Å². The van der Waals surface area contributed by atoms with Crippen LogP contribution in [0.1, 0.15) is 38.5 Å². The lowest BCUT2D eigenvalue weighted by atomic mass is 9.85. The number of nitrogens with one attached hydrogen (secondary N) is 1. The lowest BCUT2D eigenvalue weighted by molar-refractivity contribution is -0.905. The third-order valence-corrected chi connectivity index (χ3v) is 5.44. The first-order valence-corrected chi connectivity index (χ1v) is 8.58. The predicted molar refractivity (Wildman–Crippen MR) is 80.9 cm³/mol. The van der Waals surface area contributed by atoms with Crippen molar-refractivity contribution in [1.29, 1.82) is 0 Å². The van der Waals surface area contributed by atoms with E-state index in [0.717, 1.165) is 18.0 Å². The highest BCUT2D eigenvalue weighted by atomic mass is 35.5. The van der Waals surface area contributed by atoms with Crippen molar-refractivity contribution in [3.8, 4) is 0 Å². The number of rotatable bonds is 4. The van der Waals surface area contributed by atoms with E-state index in [4.69, 9.17) is 11.6 Å². The second kappa shape index (κ2) is 6.49. The van der Waals surface area contributed by atoms with E-state index in [0.29, 0.717) is 19.4 Å². The number of halogens is 1. The van der Waals surface area contributed by atoms with Gasteiger partial charge in [0.1, 0.15) is 0 Å². The Bertz CT molecular complexity index is 457. The molecule has 2 atom stereocenters. The Labute approximate surface area is 131 Å². The number of fused-ring (bicyclic) bond motifs is 1. The summed E-state index contributed by atoms with van der Waals surface area (Å²) >= 11 is 6.03.